The van der Waals surface area contributed by atoms with Gasteiger partial charge in [0, 0.05) is 10.7 Å². The number of sulfonamides is 1. The monoisotopic (exact) mass is 442 g/mol. The van der Waals surface area contributed by atoms with Crippen LogP contribution in [0.1, 0.15) is 25.3 Å². The zero-order valence-electron chi connectivity index (χ0n) is 16.7. The van der Waals surface area contributed by atoms with E-state index in [1.807, 2.05) is 24.3 Å². The van der Waals surface area contributed by atoms with Crippen molar-refractivity contribution < 1.29 is 13.2 Å². The normalized spacial score (nSPS) is 11.3. The number of carbonyl (C=O) groups excluding carboxylic acids is 1. The number of para-hydroxylation sites is 1. The summed E-state index contributed by atoms with van der Waals surface area (Å²) in [6.07, 6.45) is 0. The highest BCUT2D eigenvalue weighted by molar-refractivity contribution is 7.92. The molecule has 0 aliphatic carbocycles. The number of hydrogen-bond acceptors (Lipinski definition) is 3. The van der Waals surface area contributed by atoms with Crippen molar-refractivity contribution in [3.8, 4) is 0 Å². The molecule has 0 saturated heterocycles. The van der Waals surface area contributed by atoms with Gasteiger partial charge in [-0.25, -0.2) is 8.42 Å². The summed E-state index contributed by atoms with van der Waals surface area (Å²) in [5, 5.41) is 3.21. The summed E-state index contributed by atoms with van der Waals surface area (Å²) in [7, 11) is -3.96. The number of nitrogens with one attached hydrogen (secondary N) is 1. The minimum atomic E-state index is -3.96. The van der Waals surface area contributed by atoms with Crippen molar-refractivity contribution in [3.05, 3.63) is 89.4 Å². The lowest BCUT2D eigenvalue weighted by Crippen LogP contribution is -2.38. The highest BCUT2D eigenvalue weighted by Gasteiger charge is 2.27. The highest BCUT2D eigenvalue weighted by Crippen LogP contribution is 2.25. The predicted octanol–water partition coefficient (Wildman–Crippen LogP) is 5.30. The summed E-state index contributed by atoms with van der Waals surface area (Å²) in [4.78, 5) is 12.8. The van der Waals surface area contributed by atoms with Crippen molar-refractivity contribution >= 4 is 38.9 Å². The van der Waals surface area contributed by atoms with Gasteiger partial charge in [0.25, 0.3) is 10.0 Å². The molecule has 0 aromatic heterocycles. The fraction of sp³-hybridized carbons (Fsp3) is 0.174. The fourth-order valence-corrected chi connectivity index (χ4v) is 4.47. The predicted molar refractivity (Wildman–Crippen MR) is 122 cm³/mol. The molecule has 1 amide bonds. The van der Waals surface area contributed by atoms with Crippen LogP contribution in [0.4, 0.5) is 11.4 Å². The lowest BCUT2D eigenvalue weighted by molar-refractivity contribution is -0.114. The van der Waals surface area contributed by atoms with Crippen LogP contribution in [0.25, 0.3) is 0 Å². The van der Waals surface area contributed by atoms with Gasteiger partial charge in [-0.2, -0.15) is 0 Å². The Balaban J connectivity index is 1.86. The molecule has 0 atom stereocenters. The molecular weight excluding hydrogens is 420 g/mol. The third-order valence-corrected chi connectivity index (χ3v) is 6.63. The number of hydrogen-bond donors (Lipinski definition) is 1. The Hall–Kier alpha value is -2.83. The van der Waals surface area contributed by atoms with Gasteiger partial charge in [-0.1, -0.05) is 55.8 Å². The average Bonchev–Trinajstić information content (AvgIpc) is 2.73. The van der Waals surface area contributed by atoms with Gasteiger partial charge in [0.05, 0.1) is 10.6 Å². The third kappa shape index (κ3) is 5.20. The van der Waals surface area contributed by atoms with Crippen LogP contribution in [-0.2, 0) is 14.8 Å². The second kappa shape index (κ2) is 9.32. The topological polar surface area (TPSA) is 66.5 Å². The van der Waals surface area contributed by atoms with Crippen LogP contribution in [0.3, 0.4) is 0 Å². The minimum absolute atomic E-state index is 0.0600. The molecule has 30 heavy (non-hydrogen) atoms. The van der Waals surface area contributed by atoms with E-state index in [0.29, 0.717) is 22.3 Å². The Morgan fingerprint density at radius 2 is 1.53 bits per heavy atom. The van der Waals surface area contributed by atoms with Crippen LogP contribution in [0, 0.1) is 0 Å². The largest absolute Gasteiger partial charge is 0.325 e. The quantitative estimate of drug-likeness (QED) is 0.540. The Kier molecular flexibility index (Phi) is 6.80. The van der Waals surface area contributed by atoms with Crippen molar-refractivity contribution in [3.63, 3.8) is 0 Å². The van der Waals surface area contributed by atoms with E-state index in [9.17, 15) is 13.2 Å². The standard InChI is InChI=1S/C23H23ClN2O3S/c1-17(2)18-8-12-20(13-9-18)25-23(27)16-26(21-6-4-3-5-7-21)30(28,29)22-14-10-19(24)11-15-22/h3-15,17H,16H2,1-2H3,(H,25,27). The lowest BCUT2D eigenvalue weighted by Gasteiger charge is -2.24. The maximum absolute atomic E-state index is 13.3. The summed E-state index contributed by atoms with van der Waals surface area (Å²) >= 11 is 5.89. The summed E-state index contributed by atoms with van der Waals surface area (Å²) in [5.41, 5.74) is 2.17. The van der Waals surface area contributed by atoms with Gasteiger partial charge in [-0.15, -0.1) is 0 Å². The molecule has 3 rings (SSSR count). The number of benzene rings is 3. The molecule has 0 unspecified atom stereocenters. The van der Waals surface area contributed by atoms with Crippen LogP contribution in [0.5, 0.6) is 0 Å². The van der Waals surface area contributed by atoms with E-state index in [4.69, 9.17) is 11.6 Å². The summed E-state index contributed by atoms with van der Waals surface area (Å²) in [6, 6.07) is 21.9. The van der Waals surface area contributed by atoms with Crippen molar-refractivity contribution in [1.82, 2.24) is 0 Å². The lowest BCUT2D eigenvalue weighted by atomic mass is 10.0. The molecular formula is C23H23ClN2O3S. The molecule has 0 saturated carbocycles. The van der Waals surface area contributed by atoms with E-state index in [2.05, 4.69) is 19.2 Å². The molecule has 3 aromatic carbocycles. The molecule has 0 heterocycles. The molecule has 156 valence electrons. The van der Waals surface area contributed by atoms with Crippen LogP contribution in [-0.4, -0.2) is 20.9 Å². The Morgan fingerprint density at radius 3 is 2.10 bits per heavy atom. The second-order valence-electron chi connectivity index (χ2n) is 7.13. The van der Waals surface area contributed by atoms with E-state index in [1.54, 1.807) is 30.3 Å². The SMILES string of the molecule is CC(C)c1ccc(NC(=O)CN(c2ccccc2)S(=O)(=O)c2ccc(Cl)cc2)cc1. The summed E-state index contributed by atoms with van der Waals surface area (Å²) in [6.45, 7) is 3.82. The van der Waals surface area contributed by atoms with Crippen molar-refractivity contribution in [2.24, 2.45) is 0 Å². The highest BCUT2D eigenvalue weighted by atomic mass is 35.5. The molecule has 0 bridgehead atoms. The molecule has 5 nitrogen and oxygen atoms in total. The first-order valence-corrected chi connectivity index (χ1v) is 11.3. The van der Waals surface area contributed by atoms with E-state index >= 15 is 0 Å². The second-order valence-corrected chi connectivity index (χ2v) is 9.42. The Bertz CT molecular complexity index is 1100. The number of halogens is 1. The average molecular weight is 443 g/mol. The van der Waals surface area contributed by atoms with Gasteiger partial charge in [0.2, 0.25) is 5.91 Å². The minimum Gasteiger partial charge on any atom is -0.325 e. The van der Waals surface area contributed by atoms with Gasteiger partial charge < -0.3 is 5.32 Å². The Labute approximate surface area is 182 Å². The molecule has 0 aliphatic rings. The van der Waals surface area contributed by atoms with Crippen molar-refractivity contribution in [2.45, 2.75) is 24.7 Å². The molecule has 1 N–H and O–H groups in total. The van der Waals surface area contributed by atoms with Gasteiger partial charge in [0.1, 0.15) is 6.54 Å². The first-order chi connectivity index (χ1) is 14.3. The first-order valence-electron chi connectivity index (χ1n) is 9.50. The van der Waals surface area contributed by atoms with E-state index in [0.717, 1.165) is 9.87 Å². The van der Waals surface area contributed by atoms with Crippen LogP contribution in [0.2, 0.25) is 5.02 Å². The summed E-state index contributed by atoms with van der Waals surface area (Å²) < 4.78 is 27.6. The van der Waals surface area contributed by atoms with Crippen molar-refractivity contribution in [2.75, 3.05) is 16.2 Å². The molecule has 0 radical (unpaired) electrons. The van der Waals surface area contributed by atoms with E-state index < -0.39 is 15.9 Å². The number of carbonyl (C=O) groups is 1. The van der Waals surface area contributed by atoms with E-state index in [-0.39, 0.29) is 11.4 Å². The number of nitrogens with zero attached hydrogens (tertiary/aromatic N) is 1. The van der Waals surface area contributed by atoms with Gasteiger partial charge in [-0.3, -0.25) is 9.10 Å². The fourth-order valence-electron chi connectivity index (χ4n) is 2.93. The van der Waals surface area contributed by atoms with Crippen LogP contribution < -0.4 is 9.62 Å². The maximum Gasteiger partial charge on any atom is 0.264 e. The van der Waals surface area contributed by atoms with E-state index in [1.165, 1.54) is 24.3 Å². The first kappa shape index (κ1) is 21.9. The maximum atomic E-state index is 13.3. The number of amides is 1. The van der Waals surface area contributed by atoms with Gasteiger partial charge in [-0.05, 0) is 60.0 Å². The molecule has 0 fully saturated rings. The molecule has 3 aromatic rings. The zero-order chi connectivity index (χ0) is 21.7. The van der Waals surface area contributed by atoms with Crippen LogP contribution >= 0.6 is 11.6 Å². The smallest absolute Gasteiger partial charge is 0.264 e. The summed E-state index contributed by atoms with van der Waals surface area (Å²) in [5.74, 6) is -0.0541. The Morgan fingerprint density at radius 1 is 0.933 bits per heavy atom. The number of rotatable bonds is 7. The molecule has 7 heteroatoms. The zero-order valence-corrected chi connectivity index (χ0v) is 18.3. The van der Waals surface area contributed by atoms with Gasteiger partial charge >= 0.3 is 0 Å². The van der Waals surface area contributed by atoms with Gasteiger partial charge in [0.15, 0.2) is 0 Å². The van der Waals surface area contributed by atoms with Crippen molar-refractivity contribution in [1.29, 1.82) is 0 Å². The van der Waals surface area contributed by atoms with Crippen LogP contribution in [0.15, 0.2) is 83.8 Å². The number of anilines is 2. The molecule has 0 spiro atoms. The third-order valence-electron chi connectivity index (χ3n) is 4.59. The molecule has 0 aliphatic heterocycles.